The molecule has 3 rings (SSSR count). The van der Waals surface area contributed by atoms with Crippen molar-refractivity contribution >= 4 is 27.5 Å². The number of likely N-dealkylation sites (N-methyl/N-ethyl adjacent to an activating group) is 1. The Morgan fingerprint density at radius 1 is 0.897 bits per heavy atom. The fourth-order valence-corrected chi connectivity index (χ4v) is 5.55. The Bertz CT molecular complexity index is 1330. The Morgan fingerprint density at radius 2 is 1.51 bits per heavy atom. The van der Waals surface area contributed by atoms with E-state index < -0.39 is 28.5 Å². The van der Waals surface area contributed by atoms with Crippen LogP contribution in [0, 0.1) is 0 Å². The zero-order valence-electron chi connectivity index (χ0n) is 22.7. The molecule has 0 aliphatic carbocycles. The van der Waals surface area contributed by atoms with E-state index in [9.17, 15) is 18.0 Å². The summed E-state index contributed by atoms with van der Waals surface area (Å²) in [4.78, 5) is 28.1. The van der Waals surface area contributed by atoms with Crippen LogP contribution in [0.15, 0.2) is 83.8 Å². The molecule has 0 aliphatic rings. The molecule has 10 heteroatoms. The first-order chi connectivity index (χ1) is 18.7. The third-order valence-electron chi connectivity index (χ3n) is 6.19. The van der Waals surface area contributed by atoms with Crippen LogP contribution in [0.3, 0.4) is 0 Å². The highest BCUT2D eigenvalue weighted by Crippen LogP contribution is 2.26. The van der Waals surface area contributed by atoms with E-state index in [1.54, 1.807) is 80.8 Å². The molecular formula is C29H35N3O6S. The minimum Gasteiger partial charge on any atom is -0.497 e. The lowest BCUT2D eigenvalue weighted by Gasteiger charge is -2.33. The molecule has 0 saturated heterocycles. The van der Waals surface area contributed by atoms with Gasteiger partial charge in [0, 0.05) is 13.6 Å². The zero-order chi connectivity index (χ0) is 28.4. The van der Waals surface area contributed by atoms with Crippen LogP contribution < -0.4 is 19.1 Å². The summed E-state index contributed by atoms with van der Waals surface area (Å²) in [6, 6.07) is 20.9. The van der Waals surface area contributed by atoms with Gasteiger partial charge in [-0.05, 0) is 67.4 Å². The van der Waals surface area contributed by atoms with E-state index in [0.29, 0.717) is 30.2 Å². The molecule has 39 heavy (non-hydrogen) atoms. The maximum absolute atomic E-state index is 13.9. The highest BCUT2D eigenvalue weighted by molar-refractivity contribution is 7.92. The summed E-state index contributed by atoms with van der Waals surface area (Å²) in [5, 5.41) is 2.62. The summed E-state index contributed by atoms with van der Waals surface area (Å²) in [7, 11) is -1.07. The predicted molar refractivity (Wildman–Crippen MR) is 150 cm³/mol. The van der Waals surface area contributed by atoms with Gasteiger partial charge in [0.25, 0.3) is 10.0 Å². The first-order valence-corrected chi connectivity index (χ1v) is 14.1. The van der Waals surface area contributed by atoms with Crippen LogP contribution in [0.5, 0.6) is 11.5 Å². The molecule has 2 amide bonds. The number of nitrogens with zero attached hydrogens (tertiary/aromatic N) is 2. The van der Waals surface area contributed by atoms with Crippen molar-refractivity contribution in [1.29, 1.82) is 0 Å². The predicted octanol–water partition coefficient (Wildman–Crippen LogP) is 3.84. The maximum Gasteiger partial charge on any atom is 0.264 e. The minimum atomic E-state index is -4.14. The maximum atomic E-state index is 13.9. The van der Waals surface area contributed by atoms with Crippen molar-refractivity contribution in [1.82, 2.24) is 10.2 Å². The Morgan fingerprint density at radius 3 is 2.05 bits per heavy atom. The Balaban J connectivity index is 2.00. The number of ether oxygens (including phenoxy) is 2. The van der Waals surface area contributed by atoms with E-state index in [1.807, 2.05) is 6.92 Å². The Kier molecular flexibility index (Phi) is 10.3. The molecule has 0 fully saturated rings. The van der Waals surface area contributed by atoms with Gasteiger partial charge in [0.15, 0.2) is 0 Å². The third-order valence-corrected chi connectivity index (χ3v) is 7.98. The molecule has 9 nitrogen and oxygen atoms in total. The molecule has 3 aromatic carbocycles. The number of hydrogen-bond donors (Lipinski definition) is 1. The molecule has 0 aromatic heterocycles. The van der Waals surface area contributed by atoms with Gasteiger partial charge in [0.2, 0.25) is 11.8 Å². The van der Waals surface area contributed by atoms with E-state index >= 15 is 0 Å². The number of benzene rings is 3. The normalized spacial score (nSPS) is 11.8. The largest absolute Gasteiger partial charge is 0.497 e. The monoisotopic (exact) mass is 553 g/mol. The summed E-state index contributed by atoms with van der Waals surface area (Å²) in [6.07, 6.45) is 0.346. The molecule has 1 atom stereocenters. The summed E-state index contributed by atoms with van der Waals surface area (Å²) >= 11 is 0. The van der Waals surface area contributed by atoms with E-state index in [2.05, 4.69) is 5.32 Å². The van der Waals surface area contributed by atoms with Crippen LogP contribution in [0.2, 0.25) is 0 Å². The summed E-state index contributed by atoms with van der Waals surface area (Å²) in [5.41, 5.74) is 1.10. The number of rotatable bonds is 13. The summed E-state index contributed by atoms with van der Waals surface area (Å²) in [5.74, 6) is 0.354. The number of sulfonamides is 1. The lowest BCUT2D eigenvalue weighted by molar-refractivity contribution is -0.140. The van der Waals surface area contributed by atoms with Crippen LogP contribution in [0.25, 0.3) is 0 Å². The lowest BCUT2D eigenvalue weighted by atomic mass is 10.1. The van der Waals surface area contributed by atoms with Crippen molar-refractivity contribution in [3.05, 3.63) is 84.4 Å². The van der Waals surface area contributed by atoms with Crippen molar-refractivity contribution in [2.24, 2.45) is 0 Å². The smallest absolute Gasteiger partial charge is 0.264 e. The molecular weight excluding hydrogens is 518 g/mol. The topological polar surface area (TPSA) is 105 Å². The van der Waals surface area contributed by atoms with Crippen LogP contribution in [-0.4, -0.2) is 58.5 Å². The molecule has 208 valence electrons. The van der Waals surface area contributed by atoms with Crippen molar-refractivity contribution in [2.45, 2.75) is 37.8 Å². The van der Waals surface area contributed by atoms with Crippen LogP contribution >= 0.6 is 0 Å². The Labute approximate surface area is 230 Å². The molecule has 1 N–H and O–H groups in total. The number of nitrogens with one attached hydrogen (secondary N) is 1. The molecule has 0 aliphatic heterocycles. The average molecular weight is 554 g/mol. The molecule has 0 spiro atoms. The molecule has 0 saturated carbocycles. The second kappa shape index (κ2) is 13.7. The SMILES string of the molecule is CCOc1ccc(S(=O)(=O)N(CC(=O)N(Cc2ccc(OC)cc2)C(CC)C(=O)NC)c2ccccc2)cc1. The van der Waals surface area contributed by atoms with Gasteiger partial charge in [0.1, 0.15) is 24.1 Å². The quantitative estimate of drug-likeness (QED) is 0.345. The van der Waals surface area contributed by atoms with Gasteiger partial charge in [-0.3, -0.25) is 13.9 Å². The number of para-hydroxylation sites is 1. The van der Waals surface area contributed by atoms with Gasteiger partial charge in [-0.25, -0.2) is 8.42 Å². The first kappa shape index (κ1) is 29.5. The molecule has 0 radical (unpaired) electrons. The number of anilines is 1. The van der Waals surface area contributed by atoms with Gasteiger partial charge in [-0.15, -0.1) is 0 Å². The second-order valence-electron chi connectivity index (χ2n) is 8.66. The number of carbonyl (C=O) groups excluding carboxylic acids is 2. The van der Waals surface area contributed by atoms with Gasteiger partial charge >= 0.3 is 0 Å². The second-order valence-corrected chi connectivity index (χ2v) is 10.5. The van der Waals surface area contributed by atoms with Gasteiger partial charge < -0.3 is 19.7 Å². The summed E-state index contributed by atoms with van der Waals surface area (Å²) in [6.45, 7) is 3.71. The van der Waals surface area contributed by atoms with E-state index in [0.717, 1.165) is 9.87 Å². The van der Waals surface area contributed by atoms with Crippen LogP contribution in [-0.2, 0) is 26.2 Å². The van der Waals surface area contributed by atoms with Crippen molar-refractivity contribution < 1.29 is 27.5 Å². The first-order valence-electron chi connectivity index (χ1n) is 12.7. The fourth-order valence-electron chi connectivity index (χ4n) is 4.14. The van der Waals surface area contributed by atoms with Gasteiger partial charge in [0.05, 0.1) is 24.3 Å². The standard InChI is InChI=1S/C29H35N3O6S/c1-5-27(29(34)30-3)31(20-22-12-14-24(37-4)15-13-22)28(33)21-32(23-10-8-7-9-11-23)39(35,36)26-18-16-25(17-19-26)38-6-2/h7-19,27H,5-6,20-21H2,1-4H3,(H,30,34). The van der Waals surface area contributed by atoms with E-state index in [-0.39, 0.29) is 17.3 Å². The molecule has 1 unspecified atom stereocenters. The highest BCUT2D eigenvalue weighted by Gasteiger charge is 2.33. The summed E-state index contributed by atoms with van der Waals surface area (Å²) < 4.78 is 39.4. The molecule has 0 heterocycles. The minimum absolute atomic E-state index is 0.0163. The van der Waals surface area contributed by atoms with Crippen LogP contribution in [0.4, 0.5) is 5.69 Å². The number of methoxy groups -OCH3 is 1. The van der Waals surface area contributed by atoms with Crippen molar-refractivity contribution in [2.75, 3.05) is 31.6 Å². The van der Waals surface area contributed by atoms with Gasteiger partial charge in [-0.2, -0.15) is 0 Å². The molecule has 0 bridgehead atoms. The number of amides is 2. The number of carbonyl (C=O) groups is 2. The van der Waals surface area contributed by atoms with Crippen molar-refractivity contribution in [3.63, 3.8) is 0 Å². The van der Waals surface area contributed by atoms with Crippen LogP contribution in [0.1, 0.15) is 25.8 Å². The van der Waals surface area contributed by atoms with E-state index in [4.69, 9.17) is 9.47 Å². The Hall–Kier alpha value is -4.05. The van der Waals surface area contributed by atoms with Crippen molar-refractivity contribution in [3.8, 4) is 11.5 Å². The number of hydrogen-bond acceptors (Lipinski definition) is 6. The molecule has 3 aromatic rings. The highest BCUT2D eigenvalue weighted by atomic mass is 32.2. The third kappa shape index (κ3) is 7.29. The average Bonchev–Trinajstić information content (AvgIpc) is 2.96. The van der Waals surface area contributed by atoms with E-state index in [1.165, 1.54) is 24.1 Å². The zero-order valence-corrected chi connectivity index (χ0v) is 23.5. The fraction of sp³-hybridized carbons (Fsp3) is 0.310. The lowest BCUT2D eigenvalue weighted by Crippen LogP contribution is -2.51. The van der Waals surface area contributed by atoms with Gasteiger partial charge in [-0.1, -0.05) is 37.3 Å².